The van der Waals surface area contributed by atoms with Gasteiger partial charge >= 0.3 is 0 Å². The van der Waals surface area contributed by atoms with Crippen molar-refractivity contribution in [2.75, 3.05) is 44.8 Å². The zero-order valence-electron chi connectivity index (χ0n) is 18.8. The number of anilines is 1. The number of nitrogens with zero attached hydrogens (tertiary/aromatic N) is 2. The molecule has 166 valence electrons. The van der Waals surface area contributed by atoms with Crippen molar-refractivity contribution in [2.45, 2.75) is 27.2 Å². The van der Waals surface area contributed by atoms with Gasteiger partial charge in [0, 0.05) is 37.9 Å². The summed E-state index contributed by atoms with van der Waals surface area (Å²) in [5.41, 5.74) is 4.65. The number of hydrogen-bond acceptors (Lipinski definition) is 4. The first kappa shape index (κ1) is 23.0. The zero-order chi connectivity index (χ0) is 22.4. The fourth-order valence-electron chi connectivity index (χ4n) is 3.70. The fourth-order valence-corrected chi connectivity index (χ4v) is 3.97. The number of benzene rings is 2. The molecule has 31 heavy (non-hydrogen) atoms. The van der Waals surface area contributed by atoms with Crippen LogP contribution < -0.4 is 14.4 Å². The summed E-state index contributed by atoms with van der Waals surface area (Å²) in [5.74, 6) is 1.11. The Labute approximate surface area is 190 Å². The van der Waals surface area contributed by atoms with Crippen LogP contribution in [0.3, 0.4) is 0 Å². The highest BCUT2D eigenvalue weighted by atomic mass is 35.5. The van der Waals surface area contributed by atoms with Crippen LogP contribution in [0.1, 0.15) is 30.0 Å². The van der Waals surface area contributed by atoms with Crippen molar-refractivity contribution in [1.82, 2.24) is 4.90 Å². The second-order valence-corrected chi connectivity index (χ2v) is 8.15. The van der Waals surface area contributed by atoms with E-state index in [1.54, 1.807) is 25.3 Å². The van der Waals surface area contributed by atoms with E-state index >= 15 is 0 Å². The summed E-state index contributed by atoms with van der Waals surface area (Å²) < 4.78 is 11.1. The molecule has 2 aromatic rings. The molecule has 1 saturated heterocycles. The molecule has 0 aromatic heterocycles. The lowest BCUT2D eigenvalue weighted by molar-refractivity contribution is -0.126. The quantitative estimate of drug-likeness (QED) is 0.558. The van der Waals surface area contributed by atoms with Gasteiger partial charge in [-0.05, 0) is 61.2 Å². The van der Waals surface area contributed by atoms with Crippen molar-refractivity contribution < 1.29 is 14.3 Å². The lowest BCUT2D eigenvalue weighted by Gasteiger charge is -2.36. The molecule has 0 saturated carbocycles. The highest BCUT2D eigenvalue weighted by Crippen LogP contribution is 2.37. The highest BCUT2D eigenvalue weighted by Gasteiger charge is 2.21. The summed E-state index contributed by atoms with van der Waals surface area (Å²) in [7, 11) is 1.58. The van der Waals surface area contributed by atoms with Crippen LogP contribution in [-0.4, -0.2) is 50.7 Å². The van der Waals surface area contributed by atoms with Crippen molar-refractivity contribution in [3.05, 3.63) is 58.1 Å². The Morgan fingerprint density at radius 3 is 2.58 bits per heavy atom. The van der Waals surface area contributed by atoms with Crippen LogP contribution in [0.25, 0.3) is 6.08 Å². The molecule has 5 nitrogen and oxygen atoms in total. The van der Waals surface area contributed by atoms with Gasteiger partial charge < -0.3 is 19.3 Å². The molecule has 6 heteroatoms. The van der Waals surface area contributed by atoms with E-state index in [0.717, 1.165) is 25.1 Å². The van der Waals surface area contributed by atoms with Crippen molar-refractivity contribution in [3.63, 3.8) is 0 Å². The van der Waals surface area contributed by atoms with Gasteiger partial charge in [-0.3, -0.25) is 4.79 Å². The average Bonchev–Trinajstić information content (AvgIpc) is 2.78. The molecule has 1 fully saturated rings. The summed E-state index contributed by atoms with van der Waals surface area (Å²) in [6, 6.07) is 10.0. The Morgan fingerprint density at radius 1 is 1.16 bits per heavy atom. The maximum absolute atomic E-state index is 12.7. The minimum absolute atomic E-state index is 0.00186. The number of halogens is 1. The minimum Gasteiger partial charge on any atom is -0.493 e. The standard InChI is InChI=1S/C25H31ClN2O3/c1-5-15-31-25-21(26)16-20(17-23(25)30-4)9-10-24(29)28-13-11-27(12-14-28)22-8-6-7-18(2)19(22)3/h6-10,16-17H,5,11-15H2,1-4H3/b10-9+. The minimum atomic E-state index is 0.00186. The van der Waals surface area contributed by atoms with E-state index in [0.29, 0.717) is 36.2 Å². The summed E-state index contributed by atoms with van der Waals surface area (Å²) >= 11 is 6.37. The van der Waals surface area contributed by atoms with Crippen molar-refractivity contribution in [3.8, 4) is 11.5 Å². The third-order valence-electron chi connectivity index (χ3n) is 5.63. The highest BCUT2D eigenvalue weighted by molar-refractivity contribution is 6.32. The molecular weight excluding hydrogens is 412 g/mol. The van der Waals surface area contributed by atoms with Crippen molar-refractivity contribution in [1.29, 1.82) is 0 Å². The van der Waals surface area contributed by atoms with Crippen molar-refractivity contribution >= 4 is 29.3 Å². The first-order valence-corrected chi connectivity index (χ1v) is 11.1. The van der Waals surface area contributed by atoms with Crippen LogP contribution in [0.15, 0.2) is 36.4 Å². The number of carbonyl (C=O) groups excluding carboxylic acids is 1. The Morgan fingerprint density at radius 2 is 1.90 bits per heavy atom. The number of amides is 1. The van der Waals surface area contributed by atoms with Crippen LogP contribution in [-0.2, 0) is 4.79 Å². The van der Waals surface area contributed by atoms with Crippen LogP contribution in [0.4, 0.5) is 5.69 Å². The van der Waals surface area contributed by atoms with Gasteiger partial charge in [0.15, 0.2) is 11.5 Å². The van der Waals surface area contributed by atoms with Gasteiger partial charge in [0.1, 0.15) is 0 Å². The number of piperazine rings is 1. The van der Waals surface area contributed by atoms with Crippen molar-refractivity contribution in [2.24, 2.45) is 0 Å². The predicted molar refractivity (Wildman–Crippen MR) is 128 cm³/mol. The normalized spacial score (nSPS) is 14.2. The number of ether oxygens (including phenoxy) is 2. The van der Waals surface area contributed by atoms with E-state index in [2.05, 4.69) is 36.9 Å². The summed E-state index contributed by atoms with van der Waals surface area (Å²) in [4.78, 5) is 17.0. The molecule has 3 rings (SSSR count). The molecule has 0 radical (unpaired) electrons. The van der Waals surface area contributed by atoms with Crippen LogP contribution in [0.2, 0.25) is 5.02 Å². The van der Waals surface area contributed by atoms with Crippen LogP contribution in [0, 0.1) is 13.8 Å². The number of carbonyl (C=O) groups is 1. The monoisotopic (exact) mass is 442 g/mol. The second-order valence-electron chi connectivity index (χ2n) is 7.75. The van der Waals surface area contributed by atoms with E-state index in [9.17, 15) is 4.79 Å². The summed E-state index contributed by atoms with van der Waals surface area (Å²) in [6.45, 7) is 9.94. The van der Waals surface area contributed by atoms with Crippen LogP contribution >= 0.6 is 11.6 Å². The lowest BCUT2D eigenvalue weighted by Crippen LogP contribution is -2.48. The van der Waals surface area contributed by atoms with Gasteiger partial charge in [0.05, 0.1) is 18.7 Å². The van der Waals surface area contributed by atoms with E-state index in [1.807, 2.05) is 17.9 Å². The SMILES string of the molecule is CCCOc1c(Cl)cc(/C=C/C(=O)N2CCN(c3cccc(C)c3C)CC2)cc1OC. The maximum Gasteiger partial charge on any atom is 0.246 e. The number of methoxy groups -OCH3 is 1. The third kappa shape index (κ3) is 5.53. The Kier molecular flexibility index (Phi) is 7.85. The van der Waals surface area contributed by atoms with Gasteiger partial charge in [-0.25, -0.2) is 0 Å². The predicted octanol–water partition coefficient (Wildman–Crippen LogP) is 5.12. The Hall–Kier alpha value is -2.66. The van der Waals surface area contributed by atoms with Gasteiger partial charge in [-0.1, -0.05) is 30.7 Å². The summed E-state index contributed by atoms with van der Waals surface area (Å²) in [5, 5.41) is 0.474. The van der Waals surface area contributed by atoms with E-state index in [1.165, 1.54) is 16.8 Å². The molecule has 2 aromatic carbocycles. The summed E-state index contributed by atoms with van der Waals surface area (Å²) in [6.07, 6.45) is 4.26. The molecular formula is C25H31ClN2O3. The molecule has 1 aliphatic rings. The van der Waals surface area contributed by atoms with Gasteiger partial charge in [-0.15, -0.1) is 0 Å². The van der Waals surface area contributed by atoms with Gasteiger partial charge in [-0.2, -0.15) is 0 Å². The smallest absolute Gasteiger partial charge is 0.246 e. The van der Waals surface area contributed by atoms with E-state index < -0.39 is 0 Å². The zero-order valence-corrected chi connectivity index (χ0v) is 19.5. The first-order chi connectivity index (χ1) is 14.9. The average molecular weight is 443 g/mol. The largest absolute Gasteiger partial charge is 0.493 e. The molecule has 1 heterocycles. The second kappa shape index (κ2) is 10.6. The van der Waals surface area contributed by atoms with Crippen LogP contribution in [0.5, 0.6) is 11.5 Å². The van der Waals surface area contributed by atoms with Gasteiger partial charge in [0.25, 0.3) is 0 Å². The Bertz CT molecular complexity index is 950. The van der Waals surface area contributed by atoms with E-state index in [-0.39, 0.29) is 5.91 Å². The molecule has 0 aliphatic carbocycles. The number of rotatable bonds is 7. The van der Waals surface area contributed by atoms with Gasteiger partial charge in [0.2, 0.25) is 5.91 Å². The molecule has 0 bridgehead atoms. The lowest BCUT2D eigenvalue weighted by atomic mass is 10.1. The number of hydrogen-bond donors (Lipinski definition) is 0. The maximum atomic E-state index is 12.7. The topological polar surface area (TPSA) is 42.0 Å². The first-order valence-electron chi connectivity index (χ1n) is 10.7. The molecule has 0 spiro atoms. The fraction of sp³-hybridized carbons (Fsp3) is 0.400. The molecule has 0 unspecified atom stereocenters. The molecule has 1 aliphatic heterocycles. The molecule has 0 atom stereocenters. The molecule has 1 amide bonds. The molecule has 0 N–H and O–H groups in total. The van der Waals surface area contributed by atoms with E-state index in [4.69, 9.17) is 21.1 Å². The third-order valence-corrected chi connectivity index (χ3v) is 5.91. The number of aryl methyl sites for hydroxylation is 1. The Balaban J connectivity index is 1.63.